The van der Waals surface area contributed by atoms with Crippen molar-refractivity contribution in [3.05, 3.63) is 38.4 Å². The van der Waals surface area contributed by atoms with Crippen LogP contribution in [0.1, 0.15) is 43.8 Å². The van der Waals surface area contributed by atoms with Gasteiger partial charge in [-0.15, -0.1) is 22.7 Å². The average Bonchev–Trinajstić information content (AvgIpc) is 3.04. The van der Waals surface area contributed by atoms with E-state index in [1.807, 2.05) is 5.38 Å². The summed E-state index contributed by atoms with van der Waals surface area (Å²) in [4.78, 5) is 25.2. The van der Waals surface area contributed by atoms with Crippen LogP contribution in [-0.4, -0.2) is 11.9 Å². The highest BCUT2D eigenvalue weighted by molar-refractivity contribution is 7.17. The molecule has 21 heavy (non-hydrogen) atoms. The first-order chi connectivity index (χ1) is 10.1. The van der Waals surface area contributed by atoms with E-state index in [9.17, 15) is 14.7 Å². The standard InChI is InChI=1S/C15H15NO3S2/c1-8-4-5-9-11(7-8)21-14(12(9)15(18)19)16-13(17)10-3-2-6-20-10/h2-3,6,8H,4-5,7H2,1H3,(H,16,17)(H,18,19)/p-1/t8-/m0/s1. The van der Waals surface area contributed by atoms with Crippen molar-refractivity contribution in [2.75, 3.05) is 5.32 Å². The fourth-order valence-corrected chi connectivity index (χ4v) is 4.64. The Morgan fingerprint density at radius 3 is 2.90 bits per heavy atom. The Balaban J connectivity index is 1.95. The van der Waals surface area contributed by atoms with Gasteiger partial charge in [-0.2, -0.15) is 0 Å². The molecule has 0 bridgehead atoms. The second-order valence-corrected chi connectivity index (χ2v) is 7.33. The number of hydrogen-bond donors (Lipinski definition) is 1. The number of nitrogens with one attached hydrogen (secondary N) is 1. The summed E-state index contributed by atoms with van der Waals surface area (Å²) >= 11 is 2.70. The van der Waals surface area contributed by atoms with Crippen LogP contribution in [0.2, 0.25) is 0 Å². The lowest BCUT2D eigenvalue weighted by Crippen LogP contribution is -2.26. The van der Waals surface area contributed by atoms with Crippen LogP contribution >= 0.6 is 22.7 Å². The summed E-state index contributed by atoms with van der Waals surface area (Å²) in [5.41, 5.74) is 1.02. The Kier molecular flexibility index (Phi) is 3.82. The summed E-state index contributed by atoms with van der Waals surface area (Å²) in [5, 5.41) is 16.4. The molecule has 0 spiro atoms. The third kappa shape index (κ3) is 2.73. The van der Waals surface area contributed by atoms with Crippen molar-refractivity contribution in [1.82, 2.24) is 0 Å². The van der Waals surface area contributed by atoms with E-state index in [4.69, 9.17) is 0 Å². The smallest absolute Gasteiger partial charge is 0.266 e. The van der Waals surface area contributed by atoms with Crippen molar-refractivity contribution in [1.29, 1.82) is 0 Å². The Labute approximate surface area is 130 Å². The first-order valence-electron chi connectivity index (χ1n) is 6.77. The molecule has 3 rings (SSSR count). The SMILES string of the molecule is C[C@H]1CCc2c(sc(NC(=O)c3cccs3)c2C(=O)[O-])C1. The van der Waals surface area contributed by atoms with Gasteiger partial charge < -0.3 is 15.2 Å². The monoisotopic (exact) mass is 320 g/mol. The van der Waals surface area contributed by atoms with Crippen molar-refractivity contribution in [2.24, 2.45) is 5.92 Å². The zero-order chi connectivity index (χ0) is 15.0. The zero-order valence-electron chi connectivity index (χ0n) is 11.5. The van der Waals surface area contributed by atoms with Crippen LogP contribution < -0.4 is 10.4 Å². The minimum Gasteiger partial charge on any atom is -0.545 e. The molecule has 0 saturated heterocycles. The van der Waals surface area contributed by atoms with Gasteiger partial charge in [0.2, 0.25) is 0 Å². The van der Waals surface area contributed by atoms with Gasteiger partial charge in [0, 0.05) is 10.4 Å². The van der Waals surface area contributed by atoms with Crippen molar-refractivity contribution in [3.8, 4) is 0 Å². The van der Waals surface area contributed by atoms with Crippen molar-refractivity contribution in [3.63, 3.8) is 0 Å². The third-order valence-electron chi connectivity index (χ3n) is 3.69. The van der Waals surface area contributed by atoms with E-state index in [0.29, 0.717) is 15.8 Å². The first-order valence-corrected chi connectivity index (χ1v) is 8.46. The summed E-state index contributed by atoms with van der Waals surface area (Å²) < 4.78 is 0. The normalized spacial score (nSPS) is 17.3. The molecule has 0 unspecified atom stereocenters. The fraction of sp³-hybridized carbons (Fsp3) is 0.333. The Hall–Kier alpha value is -1.66. The lowest BCUT2D eigenvalue weighted by Gasteiger charge is -2.19. The van der Waals surface area contributed by atoms with Crippen LogP contribution in [0.15, 0.2) is 17.5 Å². The summed E-state index contributed by atoms with van der Waals surface area (Å²) in [6.45, 7) is 2.16. The molecule has 0 radical (unpaired) electrons. The van der Waals surface area contributed by atoms with E-state index in [1.165, 1.54) is 22.7 Å². The maximum atomic E-state index is 12.1. The number of carbonyl (C=O) groups excluding carboxylic acids is 2. The second kappa shape index (κ2) is 5.61. The van der Waals surface area contributed by atoms with Gasteiger partial charge in [-0.05, 0) is 42.2 Å². The van der Waals surface area contributed by atoms with E-state index in [1.54, 1.807) is 12.1 Å². The van der Waals surface area contributed by atoms with E-state index >= 15 is 0 Å². The number of carboxylic acid groups (broad SMARTS) is 1. The number of rotatable bonds is 3. The number of carbonyl (C=O) groups is 2. The molecule has 1 N–H and O–H groups in total. The summed E-state index contributed by atoms with van der Waals surface area (Å²) in [7, 11) is 0. The molecule has 0 aromatic carbocycles. The predicted octanol–water partition coefficient (Wildman–Crippen LogP) is 2.55. The van der Waals surface area contributed by atoms with E-state index < -0.39 is 5.97 Å². The molecule has 2 aromatic heterocycles. The van der Waals surface area contributed by atoms with E-state index in [-0.39, 0.29) is 11.5 Å². The van der Waals surface area contributed by atoms with Crippen LogP contribution in [0, 0.1) is 5.92 Å². The van der Waals surface area contributed by atoms with Crippen LogP contribution in [0.3, 0.4) is 0 Å². The molecule has 4 nitrogen and oxygen atoms in total. The van der Waals surface area contributed by atoms with Crippen LogP contribution in [0.4, 0.5) is 5.00 Å². The first kappa shape index (κ1) is 14.3. The highest BCUT2D eigenvalue weighted by atomic mass is 32.1. The largest absolute Gasteiger partial charge is 0.545 e. The molecule has 2 aromatic rings. The number of anilines is 1. The van der Waals surface area contributed by atoms with Gasteiger partial charge in [-0.3, -0.25) is 4.79 Å². The maximum Gasteiger partial charge on any atom is 0.266 e. The molecule has 1 aliphatic carbocycles. The topological polar surface area (TPSA) is 69.2 Å². The molecule has 1 amide bonds. The molecule has 0 aliphatic heterocycles. The predicted molar refractivity (Wildman–Crippen MR) is 82.1 cm³/mol. The van der Waals surface area contributed by atoms with Gasteiger partial charge in [0.1, 0.15) is 5.00 Å². The van der Waals surface area contributed by atoms with Gasteiger partial charge in [0.05, 0.1) is 10.8 Å². The quantitative estimate of drug-likeness (QED) is 0.945. The minimum absolute atomic E-state index is 0.173. The van der Waals surface area contributed by atoms with E-state index in [2.05, 4.69) is 12.2 Å². The molecular formula is C15H14NO3S2-. The number of aromatic carboxylic acids is 1. The Bertz CT molecular complexity index is 688. The summed E-state index contributed by atoms with van der Waals surface area (Å²) in [6.07, 6.45) is 2.59. The molecule has 6 heteroatoms. The molecule has 2 heterocycles. The highest BCUT2D eigenvalue weighted by Gasteiger charge is 2.25. The van der Waals surface area contributed by atoms with Gasteiger partial charge in [-0.1, -0.05) is 13.0 Å². The second-order valence-electron chi connectivity index (χ2n) is 5.27. The molecule has 1 aliphatic rings. The minimum atomic E-state index is -1.21. The zero-order valence-corrected chi connectivity index (χ0v) is 13.1. The molecule has 110 valence electrons. The fourth-order valence-electron chi connectivity index (χ4n) is 2.63. The van der Waals surface area contributed by atoms with Crippen molar-refractivity contribution < 1.29 is 14.7 Å². The molecule has 0 saturated carbocycles. The summed E-state index contributed by atoms with van der Waals surface area (Å²) in [5.74, 6) is -0.922. The third-order valence-corrected chi connectivity index (χ3v) is 5.73. The van der Waals surface area contributed by atoms with Crippen LogP contribution in [0.25, 0.3) is 0 Å². The highest BCUT2D eigenvalue weighted by Crippen LogP contribution is 2.39. The summed E-state index contributed by atoms with van der Waals surface area (Å²) in [6, 6.07) is 3.51. The molecular weight excluding hydrogens is 306 g/mol. The number of carboxylic acids is 1. The average molecular weight is 320 g/mol. The molecule has 0 fully saturated rings. The van der Waals surface area contributed by atoms with Gasteiger partial charge in [0.15, 0.2) is 0 Å². The van der Waals surface area contributed by atoms with Crippen LogP contribution in [0.5, 0.6) is 0 Å². The van der Waals surface area contributed by atoms with Gasteiger partial charge in [-0.25, -0.2) is 0 Å². The Morgan fingerprint density at radius 1 is 1.43 bits per heavy atom. The number of fused-ring (bicyclic) bond motifs is 1. The number of hydrogen-bond acceptors (Lipinski definition) is 5. The number of amides is 1. The van der Waals surface area contributed by atoms with Gasteiger partial charge in [0.25, 0.3) is 5.91 Å². The number of thiophene rings is 2. The maximum absolute atomic E-state index is 12.1. The van der Waals surface area contributed by atoms with Crippen LogP contribution in [-0.2, 0) is 12.8 Å². The molecule has 1 atom stereocenters. The van der Waals surface area contributed by atoms with Crippen molar-refractivity contribution in [2.45, 2.75) is 26.2 Å². The van der Waals surface area contributed by atoms with Crippen molar-refractivity contribution >= 4 is 39.6 Å². The lowest BCUT2D eigenvalue weighted by molar-refractivity contribution is -0.254. The Morgan fingerprint density at radius 2 is 2.24 bits per heavy atom. The van der Waals surface area contributed by atoms with Gasteiger partial charge >= 0.3 is 0 Å². The lowest BCUT2D eigenvalue weighted by atomic mass is 9.88. The van der Waals surface area contributed by atoms with E-state index in [0.717, 1.165) is 29.7 Å².